The van der Waals surface area contributed by atoms with E-state index >= 15 is 0 Å². The van der Waals surface area contributed by atoms with Crippen LogP contribution in [-0.4, -0.2) is 14.8 Å². The van der Waals surface area contributed by atoms with E-state index in [0.717, 1.165) is 32.1 Å². The van der Waals surface area contributed by atoms with Crippen LogP contribution in [0.2, 0.25) is 0 Å². The van der Waals surface area contributed by atoms with Crippen molar-refractivity contribution < 1.29 is 4.42 Å². The van der Waals surface area contributed by atoms with Crippen molar-refractivity contribution in [1.82, 2.24) is 14.8 Å². The van der Waals surface area contributed by atoms with E-state index in [1.54, 1.807) is 0 Å². The number of aromatic nitrogens is 3. The molecule has 5 nitrogen and oxygen atoms in total. The van der Waals surface area contributed by atoms with Gasteiger partial charge in [-0.05, 0) is 56.0 Å². The highest BCUT2D eigenvalue weighted by Gasteiger charge is 2.31. The quantitative estimate of drug-likeness (QED) is 0.855. The second kappa shape index (κ2) is 3.90. The van der Waals surface area contributed by atoms with Gasteiger partial charge in [0.25, 0.3) is 16.3 Å². The molecule has 6 heteroatoms. The maximum atomic E-state index is 12.6. The number of rotatable bonds is 2. The first kappa shape index (κ1) is 11.2. The first-order valence-corrected chi connectivity index (χ1v) is 6.98. The van der Waals surface area contributed by atoms with Crippen molar-refractivity contribution >= 4 is 12.2 Å². The van der Waals surface area contributed by atoms with Gasteiger partial charge in [0.1, 0.15) is 5.56 Å². The first-order chi connectivity index (χ1) is 9.24. The van der Waals surface area contributed by atoms with Gasteiger partial charge in [-0.2, -0.15) is 0 Å². The number of pyridine rings is 1. The Morgan fingerprint density at radius 3 is 2.95 bits per heavy atom. The van der Waals surface area contributed by atoms with E-state index < -0.39 is 0 Å². The molecule has 0 unspecified atom stereocenters. The smallest absolute Gasteiger partial charge is 0.284 e. The van der Waals surface area contributed by atoms with Crippen LogP contribution >= 0.6 is 12.2 Å². The van der Waals surface area contributed by atoms with Crippen LogP contribution in [0, 0.1) is 4.84 Å². The standard InChI is InChI=1S/C13H13N3O2S/c17-12-9(11-14-15-13(19)18-11)6-7-2-1-3-10(7)16(12)8-4-5-8/h6,8H,1-5H2,(H,15,19). The molecule has 2 aliphatic rings. The van der Waals surface area contributed by atoms with Gasteiger partial charge in [-0.1, -0.05) is 0 Å². The van der Waals surface area contributed by atoms with Crippen molar-refractivity contribution in [1.29, 1.82) is 0 Å². The third-order valence-corrected chi connectivity index (χ3v) is 4.04. The van der Waals surface area contributed by atoms with Crippen LogP contribution in [0.5, 0.6) is 0 Å². The van der Waals surface area contributed by atoms with Crippen LogP contribution in [0.3, 0.4) is 0 Å². The summed E-state index contributed by atoms with van der Waals surface area (Å²) in [6, 6.07) is 2.30. The monoisotopic (exact) mass is 275 g/mol. The maximum absolute atomic E-state index is 12.6. The molecule has 2 aliphatic carbocycles. The number of hydrogen-bond acceptors (Lipinski definition) is 4. The molecule has 2 aromatic heterocycles. The van der Waals surface area contributed by atoms with Gasteiger partial charge in [0.05, 0.1) is 0 Å². The minimum Gasteiger partial charge on any atom is -0.409 e. The van der Waals surface area contributed by atoms with Crippen LogP contribution in [0.1, 0.15) is 36.6 Å². The fourth-order valence-electron chi connectivity index (χ4n) is 2.89. The lowest BCUT2D eigenvalue weighted by atomic mass is 10.1. The molecule has 1 saturated carbocycles. The van der Waals surface area contributed by atoms with Gasteiger partial charge in [0, 0.05) is 11.7 Å². The Morgan fingerprint density at radius 1 is 1.42 bits per heavy atom. The van der Waals surface area contributed by atoms with Gasteiger partial charge in [0.15, 0.2) is 0 Å². The fraction of sp³-hybridized carbons (Fsp3) is 0.462. The van der Waals surface area contributed by atoms with E-state index in [4.69, 9.17) is 16.6 Å². The Morgan fingerprint density at radius 2 is 2.26 bits per heavy atom. The van der Waals surface area contributed by atoms with Crippen molar-refractivity contribution in [3.8, 4) is 11.5 Å². The van der Waals surface area contributed by atoms with E-state index in [0.29, 0.717) is 17.5 Å². The topological polar surface area (TPSA) is 63.8 Å². The van der Waals surface area contributed by atoms with E-state index in [2.05, 4.69) is 10.2 Å². The van der Waals surface area contributed by atoms with E-state index in [1.165, 1.54) is 11.3 Å². The second-order valence-electron chi connectivity index (χ2n) is 5.21. The van der Waals surface area contributed by atoms with E-state index in [1.807, 2.05) is 10.6 Å². The Kier molecular flexibility index (Phi) is 2.29. The lowest BCUT2D eigenvalue weighted by Gasteiger charge is -2.12. The number of hydrogen-bond donors (Lipinski definition) is 1. The van der Waals surface area contributed by atoms with Crippen LogP contribution in [0.15, 0.2) is 15.3 Å². The zero-order valence-corrected chi connectivity index (χ0v) is 11.1. The third-order valence-electron chi connectivity index (χ3n) is 3.87. The fourth-order valence-corrected chi connectivity index (χ4v) is 3.01. The predicted molar refractivity (Wildman–Crippen MR) is 71.7 cm³/mol. The van der Waals surface area contributed by atoms with E-state index in [9.17, 15) is 4.79 Å². The summed E-state index contributed by atoms with van der Waals surface area (Å²) >= 11 is 4.88. The lowest BCUT2D eigenvalue weighted by molar-refractivity contribution is 0.549. The molecule has 0 bridgehead atoms. The zero-order valence-electron chi connectivity index (χ0n) is 10.3. The molecule has 0 radical (unpaired) electrons. The minimum atomic E-state index is 0.00778. The van der Waals surface area contributed by atoms with Crippen molar-refractivity contribution in [2.24, 2.45) is 0 Å². The average molecular weight is 275 g/mol. The molecular weight excluding hydrogens is 262 g/mol. The number of aromatic amines is 1. The van der Waals surface area contributed by atoms with Crippen LogP contribution < -0.4 is 5.56 Å². The number of aryl methyl sites for hydroxylation is 1. The Bertz CT molecular complexity index is 767. The predicted octanol–water partition coefficient (Wildman–Crippen LogP) is 2.38. The van der Waals surface area contributed by atoms with Crippen LogP contribution in [-0.2, 0) is 12.8 Å². The number of H-pyrrole nitrogens is 1. The molecule has 0 atom stereocenters. The van der Waals surface area contributed by atoms with Crippen molar-refractivity contribution in [3.05, 3.63) is 32.5 Å². The molecule has 1 N–H and O–H groups in total. The summed E-state index contributed by atoms with van der Waals surface area (Å²) in [5.74, 6) is 0.305. The molecule has 2 heterocycles. The van der Waals surface area contributed by atoms with Gasteiger partial charge in [-0.15, -0.1) is 5.10 Å². The first-order valence-electron chi connectivity index (χ1n) is 6.57. The SMILES string of the molecule is O=c1c(-c2n[nH]c(=S)o2)cc2c(n1C1CC1)CCC2. The van der Waals surface area contributed by atoms with Crippen LogP contribution in [0.4, 0.5) is 0 Å². The molecule has 4 rings (SSSR count). The van der Waals surface area contributed by atoms with Gasteiger partial charge in [0.2, 0.25) is 0 Å². The normalized spacial score (nSPS) is 17.7. The summed E-state index contributed by atoms with van der Waals surface area (Å²) in [5, 5.41) is 6.56. The van der Waals surface area contributed by atoms with Gasteiger partial charge in [-0.3, -0.25) is 4.79 Å². The molecule has 0 aliphatic heterocycles. The summed E-state index contributed by atoms with van der Waals surface area (Å²) < 4.78 is 7.26. The third kappa shape index (κ3) is 1.70. The molecule has 1 fully saturated rings. The Hall–Kier alpha value is -1.69. The lowest BCUT2D eigenvalue weighted by Crippen LogP contribution is -2.24. The molecule has 0 aromatic carbocycles. The second-order valence-corrected chi connectivity index (χ2v) is 5.58. The van der Waals surface area contributed by atoms with Gasteiger partial charge >= 0.3 is 0 Å². The molecule has 0 saturated heterocycles. The minimum absolute atomic E-state index is 0.00778. The maximum Gasteiger partial charge on any atom is 0.284 e. The van der Waals surface area contributed by atoms with Crippen molar-refractivity contribution in [2.75, 3.05) is 0 Å². The largest absolute Gasteiger partial charge is 0.409 e. The Balaban J connectivity index is 1.99. The molecule has 19 heavy (non-hydrogen) atoms. The highest BCUT2D eigenvalue weighted by atomic mass is 32.1. The highest BCUT2D eigenvalue weighted by Crippen LogP contribution is 2.37. The zero-order chi connectivity index (χ0) is 13.0. The number of fused-ring (bicyclic) bond motifs is 1. The van der Waals surface area contributed by atoms with Crippen molar-refractivity contribution in [3.63, 3.8) is 0 Å². The van der Waals surface area contributed by atoms with E-state index in [-0.39, 0.29) is 10.4 Å². The molecule has 0 amide bonds. The molecule has 2 aromatic rings. The molecule has 98 valence electrons. The van der Waals surface area contributed by atoms with Crippen molar-refractivity contribution in [2.45, 2.75) is 38.1 Å². The van der Waals surface area contributed by atoms with Gasteiger partial charge < -0.3 is 8.98 Å². The molecule has 0 spiro atoms. The Labute approximate surface area is 114 Å². The summed E-state index contributed by atoms with van der Waals surface area (Å²) in [5.41, 5.74) is 3.00. The number of nitrogens with one attached hydrogen (secondary N) is 1. The van der Waals surface area contributed by atoms with Gasteiger partial charge in [-0.25, -0.2) is 5.10 Å². The summed E-state index contributed by atoms with van der Waals surface area (Å²) in [7, 11) is 0. The molecular formula is C13H13N3O2S. The summed E-state index contributed by atoms with van der Waals surface area (Å²) in [4.78, 5) is 12.8. The highest BCUT2D eigenvalue weighted by molar-refractivity contribution is 7.71. The summed E-state index contributed by atoms with van der Waals surface area (Å²) in [6.45, 7) is 0. The number of nitrogens with zero attached hydrogens (tertiary/aromatic N) is 2. The average Bonchev–Trinajstić information content (AvgIpc) is 2.95. The van der Waals surface area contributed by atoms with Crippen LogP contribution in [0.25, 0.3) is 11.5 Å². The summed E-state index contributed by atoms with van der Waals surface area (Å²) in [6.07, 6.45) is 5.35.